The fraction of sp³-hybridized carbons (Fsp3) is 0.523. The van der Waals surface area contributed by atoms with E-state index in [0.717, 1.165) is 74.9 Å². The third-order valence-electron chi connectivity index (χ3n) is 10.6. The van der Waals surface area contributed by atoms with Crippen molar-refractivity contribution in [3.8, 4) is 11.1 Å². The first-order valence-corrected chi connectivity index (χ1v) is 20.7. The Labute approximate surface area is 323 Å². The number of aromatic nitrogens is 3. The van der Waals surface area contributed by atoms with E-state index in [1.807, 2.05) is 79.8 Å². The highest BCUT2D eigenvalue weighted by Crippen LogP contribution is 2.37. The largest absolute Gasteiger partial charge is 0.354 e. The number of fused-ring (bicyclic) bond motifs is 2. The van der Waals surface area contributed by atoms with E-state index in [2.05, 4.69) is 55.1 Å². The molecule has 4 aliphatic rings. The van der Waals surface area contributed by atoms with Gasteiger partial charge in [-0.15, -0.1) is 0 Å². The highest BCUT2D eigenvalue weighted by Gasteiger charge is 2.44. The molecule has 1 N–H and O–H groups in total. The molecule has 3 fully saturated rings. The van der Waals surface area contributed by atoms with Crippen LogP contribution in [-0.4, -0.2) is 91.8 Å². The van der Waals surface area contributed by atoms with Crippen LogP contribution in [-0.2, 0) is 11.3 Å². The monoisotopic (exact) mass is 737 g/mol. The first-order valence-electron chi connectivity index (χ1n) is 20.7. The van der Waals surface area contributed by atoms with E-state index in [4.69, 9.17) is 4.98 Å². The van der Waals surface area contributed by atoms with Gasteiger partial charge in [0.25, 0.3) is 11.8 Å². The number of piperidine rings is 1. The summed E-state index contributed by atoms with van der Waals surface area (Å²) < 4.78 is 2.39. The predicted molar refractivity (Wildman–Crippen MR) is 219 cm³/mol. The number of piperazine rings is 1. The van der Waals surface area contributed by atoms with Gasteiger partial charge in [-0.3, -0.25) is 29.1 Å². The molecular weight excluding hydrogens is 675 g/mol. The van der Waals surface area contributed by atoms with Crippen LogP contribution in [0.1, 0.15) is 126 Å². The average Bonchev–Trinajstić information content (AvgIpc) is 3.76. The minimum absolute atomic E-state index is 0.236. The number of benzene rings is 2. The van der Waals surface area contributed by atoms with Crippen molar-refractivity contribution in [2.45, 2.75) is 119 Å². The van der Waals surface area contributed by atoms with Gasteiger partial charge in [0.15, 0.2) is 0 Å². The lowest BCUT2D eigenvalue weighted by Gasteiger charge is -2.42. The third-order valence-corrected chi connectivity index (χ3v) is 10.6. The highest BCUT2D eigenvalue weighted by molar-refractivity contribution is 6.23. The normalized spacial score (nSPS) is 21.2. The molecule has 0 spiro atoms. The van der Waals surface area contributed by atoms with E-state index >= 15 is 0 Å². The smallest absolute Gasteiger partial charge is 0.262 e. The van der Waals surface area contributed by atoms with Gasteiger partial charge in [-0.05, 0) is 55.7 Å². The lowest BCUT2D eigenvalue weighted by molar-refractivity contribution is -0.126. The number of hydrogen-bond donors (Lipinski definition) is 1. The van der Waals surface area contributed by atoms with Gasteiger partial charge in [0, 0.05) is 74.7 Å². The minimum Gasteiger partial charge on any atom is -0.354 e. The topological polar surface area (TPSA) is 104 Å². The van der Waals surface area contributed by atoms with E-state index < -0.39 is 6.04 Å². The number of carbonyl (C=O) groups is 3. The van der Waals surface area contributed by atoms with Gasteiger partial charge in [0.2, 0.25) is 5.91 Å². The van der Waals surface area contributed by atoms with E-state index in [1.165, 1.54) is 16.0 Å². The van der Waals surface area contributed by atoms with Crippen molar-refractivity contribution >= 4 is 28.8 Å². The van der Waals surface area contributed by atoms with Crippen LogP contribution in [0.5, 0.6) is 0 Å². The van der Waals surface area contributed by atoms with Gasteiger partial charge in [0.05, 0.1) is 11.1 Å². The number of rotatable bonds is 6. The Balaban J connectivity index is 0.000000764. The van der Waals surface area contributed by atoms with Gasteiger partial charge >= 0.3 is 0 Å². The maximum Gasteiger partial charge on any atom is 0.262 e. The second kappa shape index (κ2) is 20.9. The standard InChI is InChI=1S/C36H39N7O3.4C2H6/c44-34-31(10-5-15-38-34)43-35(45)28-9-4-8-25(32(28)36(43)46)21-40-16-18-41(19-17-40)26-11-13-27(14-12-26)42-22-30(24-6-2-1-3-7-24)29-20-37-23-39-33(29)42;4*1-2/h1-4,6-9,20,22-23,26-27,31H,5,10-19,21H2,(H,38,44);4*1-2H3. The molecule has 3 amide bonds. The number of imide groups is 1. The molecule has 2 saturated heterocycles. The Morgan fingerprint density at radius 2 is 1.39 bits per heavy atom. The number of amides is 3. The van der Waals surface area contributed by atoms with Gasteiger partial charge < -0.3 is 9.88 Å². The number of nitrogens with one attached hydrogen (secondary N) is 1. The molecule has 10 heteroatoms. The van der Waals surface area contributed by atoms with Crippen LogP contribution in [0.15, 0.2) is 67.3 Å². The Bertz CT molecular complexity index is 1790. The van der Waals surface area contributed by atoms with Crippen LogP contribution in [0.25, 0.3) is 22.2 Å². The summed E-state index contributed by atoms with van der Waals surface area (Å²) in [5, 5.41) is 3.91. The molecule has 1 atom stereocenters. The molecule has 1 saturated carbocycles. The van der Waals surface area contributed by atoms with E-state index in [0.29, 0.717) is 42.7 Å². The first kappa shape index (κ1) is 42.3. The molecule has 2 aromatic heterocycles. The zero-order valence-corrected chi connectivity index (χ0v) is 34.0. The molecule has 5 heterocycles. The second-order valence-corrected chi connectivity index (χ2v) is 13.1. The van der Waals surface area contributed by atoms with Crippen LogP contribution < -0.4 is 5.32 Å². The number of nitrogens with zero attached hydrogens (tertiary/aromatic N) is 6. The summed E-state index contributed by atoms with van der Waals surface area (Å²) in [5.74, 6) is -0.910. The quantitative estimate of drug-likeness (QED) is 0.198. The first-order chi connectivity index (χ1) is 26.6. The molecular formula is C44H63N7O3. The maximum absolute atomic E-state index is 13.5. The molecule has 1 unspecified atom stereocenters. The van der Waals surface area contributed by atoms with E-state index in [-0.39, 0.29) is 17.7 Å². The minimum atomic E-state index is -0.719. The van der Waals surface area contributed by atoms with E-state index in [9.17, 15) is 14.4 Å². The summed E-state index contributed by atoms with van der Waals surface area (Å²) in [5.41, 5.74) is 5.18. The highest BCUT2D eigenvalue weighted by atomic mass is 16.2. The van der Waals surface area contributed by atoms with Crippen molar-refractivity contribution in [2.75, 3.05) is 32.7 Å². The SMILES string of the molecule is CC.CC.CC.CC.O=C1NCCCC1N1C(=O)c2cccc(CN3CCN(C4CCC(n5cc(-c6ccccc6)c6cncnc65)CC4)CC3)c2C1=O. The van der Waals surface area contributed by atoms with Crippen molar-refractivity contribution < 1.29 is 14.4 Å². The van der Waals surface area contributed by atoms with Crippen molar-refractivity contribution in [3.05, 3.63) is 83.9 Å². The molecule has 0 radical (unpaired) electrons. The average molecular weight is 738 g/mol. The van der Waals surface area contributed by atoms with Gasteiger partial charge in [-0.2, -0.15) is 0 Å². The fourth-order valence-electron chi connectivity index (χ4n) is 8.13. The molecule has 10 nitrogen and oxygen atoms in total. The summed E-state index contributed by atoms with van der Waals surface area (Å²) in [4.78, 5) is 54.6. The Morgan fingerprint density at radius 1 is 0.722 bits per heavy atom. The molecule has 3 aliphatic heterocycles. The summed E-state index contributed by atoms with van der Waals surface area (Å²) in [6, 6.07) is 16.3. The van der Waals surface area contributed by atoms with Crippen LogP contribution >= 0.6 is 0 Å². The Morgan fingerprint density at radius 3 is 2.06 bits per heavy atom. The maximum atomic E-state index is 13.5. The van der Waals surface area contributed by atoms with Crippen molar-refractivity contribution in [1.82, 2.24) is 34.6 Å². The molecule has 8 rings (SSSR count). The van der Waals surface area contributed by atoms with Crippen LogP contribution in [0, 0.1) is 0 Å². The van der Waals surface area contributed by atoms with Crippen LogP contribution in [0.2, 0.25) is 0 Å². The summed E-state index contributed by atoms with van der Waals surface area (Å²) >= 11 is 0. The lowest BCUT2D eigenvalue weighted by atomic mass is 9.89. The van der Waals surface area contributed by atoms with Crippen LogP contribution in [0.4, 0.5) is 0 Å². The van der Waals surface area contributed by atoms with E-state index in [1.54, 1.807) is 12.4 Å². The third kappa shape index (κ3) is 8.92. The summed E-state index contributed by atoms with van der Waals surface area (Å²) in [6.07, 6.45) is 11.7. The number of carbonyl (C=O) groups excluding carboxylic acids is 3. The molecule has 292 valence electrons. The Hall–Kier alpha value is -4.41. The van der Waals surface area contributed by atoms with Crippen molar-refractivity contribution in [2.24, 2.45) is 0 Å². The lowest BCUT2D eigenvalue weighted by Crippen LogP contribution is -2.52. The zero-order valence-electron chi connectivity index (χ0n) is 34.0. The van der Waals surface area contributed by atoms with Gasteiger partial charge in [-0.1, -0.05) is 97.9 Å². The van der Waals surface area contributed by atoms with Crippen LogP contribution in [0.3, 0.4) is 0 Å². The second-order valence-electron chi connectivity index (χ2n) is 13.1. The summed E-state index contributed by atoms with van der Waals surface area (Å²) in [7, 11) is 0. The fourth-order valence-corrected chi connectivity index (χ4v) is 8.13. The zero-order chi connectivity index (χ0) is 39.2. The molecule has 2 aromatic carbocycles. The molecule has 0 bridgehead atoms. The number of hydrogen-bond acceptors (Lipinski definition) is 7. The molecule has 54 heavy (non-hydrogen) atoms. The predicted octanol–water partition coefficient (Wildman–Crippen LogP) is 8.38. The van der Waals surface area contributed by atoms with Gasteiger partial charge in [0.1, 0.15) is 18.0 Å². The summed E-state index contributed by atoms with van der Waals surface area (Å²) in [6.45, 7) is 21.0. The molecule has 1 aliphatic carbocycles. The van der Waals surface area contributed by atoms with Gasteiger partial charge in [-0.25, -0.2) is 9.97 Å². The Kier molecular flexibility index (Phi) is 16.4. The van der Waals surface area contributed by atoms with Crippen molar-refractivity contribution in [3.63, 3.8) is 0 Å². The van der Waals surface area contributed by atoms with Crippen molar-refractivity contribution in [1.29, 1.82) is 0 Å². The molecule has 4 aromatic rings.